The summed E-state index contributed by atoms with van der Waals surface area (Å²) < 4.78 is 5.29. The number of benzene rings is 1. The van der Waals surface area contributed by atoms with E-state index >= 15 is 0 Å². The van der Waals surface area contributed by atoms with Gasteiger partial charge in [0.1, 0.15) is 5.75 Å². The van der Waals surface area contributed by atoms with Crippen LogP contribution in [0.3, 0.4) is 0 Å². The Balaban J connectivity index is 1.65. The highest BCUT2D eigenvalue weighted by Gasteiger charge is 2.27. The van der Waals surface area contributed by atoms with Gasteiger partial charge in [0.2, 0.25) is 5.91 Å². The third kappa shape index (κ3) is 4.98. The van der Waals surface area contributed by atoms with E-state index in [1.807, 2.05) is 12.1 Å². The van der Waals surface area contributed by atoms with E-state index in [0.29, 0.717) is 6.54 Å². The molecule has 5 nitrogen and oxygen atoms in total. The number of piperidine rings is 1. The van der Waals surface area contributed by atoms with Crippen molar-refractivity contribution in [1.82, 2.24) is 10.2 Å². The predicted molar refractivity (Wildman–Crippen MR) is 104 cm³/mol. The van der Waals surface area contributed by atoms with E-state index in [-0.39, 0.29) is 23.9 Å². The third-order valence-electron chi connectivity index (χ3n) is 5.89. The Morgan fingerprint density at radius 1 is 1.19 bits per heavy atom. The SMILES string of the molecule is COc1ccc(C(CNC(=O)C2CCCC(N)C2)N2CCCCC2)cc1. The number of methoxy groups -OCH3 is 1. The van der Waals surface area contributed by atoms with Crippen molar-refractivity contribution in [3.8, 4) is 5.75 Å². The van der Waals surface area contributed by atoms with Crippen molar-refractivity contribution in [3.63, 3.8) is 0 Å². The summed E-state index contributed by atoms with van der Waals surface area (Å²) in [6.07, 6.45) is 7.67. The lowest BCUT2D eigenvalue weighted by atomic mass is 9.85. The van der Waals surface area contributed by atoms with Crippen molar-refractivity contribution < 1.29 is 9.53 Å². The molecule has 1 aromatic carbocycles. The number of nitrogens with two attached hydrogens (primary N) is 1. The molecule has 1 aliphatic heterocycles. The molecule has 1 aliphatic carbocycles. The van der Waals surface area contributed by atoms with Crippen molar-refractivity contribution >= 4 is 5.91 Å². The molecule has 1 saturated carbocycles. The van der Waals surface area contributed by atoms with Gasteiger partial charge in [-0.3, -0.25) is 9.69 Å². The highest BCUT2D eigenvalue weighted by Crippen LogP contribution is 2.27. The van der Waals surface area contributed by atoms with Crippen LogP contribution in [0.1, 0.15) is 56.6 Å². The summed E-state index contributed by atoms with van der Waals surface area (Å²) in [5.41, 5.74) is 7.30. The maximum atomic E-state index is 12.7. The minimum absolute atomic E-state index is 0.0802. The van der Waals surface area contributed by atoms with E-state index in [2.05, 4.69) is 22.3 Å². The van der Waals surface area contributed by atoms with Crippen LogP contribution in [0.15, 0.2) is 24.3 Å². The number of amides is 1. The lowest BCUT2D eigenvalue weighted by Gasteiger charge is -2.35. The summed E-state index contributed by atoms with van der Waals surface area (Å²) in [6.45, 7) is 2.86. The number of carbonyl (C=O) groups excluding carboxylic acids is 1. The van der Waals surface area contributed by atoms with Gasteiger partial charge < -0.3 is 15.8 Å². The van der Waals surface area contributed by atoms with Gasteiger partial charge in [-0.25, -0.2) is 0 Å². The quantitative estimate of drug-likeness (QED) is 0.820. The van der Waals surface area contributed by atoms with Crippen LogP contribution in [0, 0.1) is 5.92 Å². The highest BCUT2D eigenvalue weighted by atomic mass is 16.5. The van der Waals surface area contributed by atoms with Gasteiger partial charge in [0, 0.05) is 18.5 Å². The van der Waals surface area contributed by atoms with E-state index < -0.39 is 0 Å². The third-order valence-corrected chi connectivity index (χ3v) is 5.89. The number of likely N-dealkylation sites (tertiary alicyclic amines) is 1. The highest BCUT2D eigenvalue weighted by molar-refractivity contribution is 5.78. The van der Waals surface area contributed by atoms with Gasteiger partial charge in [-0.1, -0.05) is 25.0 Å². The second-order valence-electron chi connectivity index (χ2n) is 7.75. The van der Waals surface area contributed by atoms with Crippen LogP contribution in [0.5, 0.6) is 5.75 Å². The average Bonchev–Trinajstić information content (AvgIpc) is 2.69. The Bertz CT molecular complexity index is 569. The summed E-state index contributed by atoms with van der Waals surface area (Å²) in [6, 6.07) is 8.67. The Labute approximate surface area is 157 Å². The minimum Gasteiger partial charge on any atom is -0.497 e. The van der Waals surface area contributed by atoms with Gasteiger partial charge in [0.15, 0.2) is 0 Å². The van der Waals surface area contributed by atoms with E-state index in [1.54, 1.807) is 7.11 Å². The first kappa shape index (κ1) is 19.2. The van der Waals surface area contributed by atoms with Crippen LogP contribution in [-0.4, -0.2) is 43.6 Å². The summed E-state index contributed by atoms with van der Waals surface area (Å²) in [5, 5.41) is 3.23. The van der Waals surface area contributed by atoms with E-state index in [4.69, 9.17) is 10.5 Å². The molecule has 1 heterocycles. The van der Waals surface area contributed by atoms with Crippen LogP contribution in [0.4, 0.5) is 0 Å². The van der Waals surface area contributed by atoms with Crippen molar-refractivity contribution in [2.24, 2.45) is 11.7 Å². The maximum absolute atomic E-state index is 12.7. The van der Waals surface area contributed by atoms with Crippen LogP contribution >= 0.6 is 0 Å². The first-order valence-electron chi connectivity index (χ1n) is 10.1. The number of nitrogens with one attached hydrogen (secondary N) is 1. The number of carbonyl (C=O) groups is 1. The van der Waals surface area contributed by atoms with Gasteiger partial charge >= 0.3 is 0 Å². The van der Waals surface area contributed by atoms with Crippen LogP contribution < -0.4 is 15.8 Å². The first-order valence-corrected chi connectivity index (χ1v) is 10.1. The van der Waals surface area contributed by atoms with E-state index in [9.17, 15) is 4.79 Å². The molecular weight excluding hydrogens is 326 g/mol. The van der Waals surface area contributed by atoms with Gasteiger partial charge in [-0.2, -0.15) is 0 Å². The second-order valence-corrected chi connectivity index (χ2v) is 7.75. The average molecular weight is 360 g/mol. The molecule has 1 amide bonds. The molecule has 1 saturated heterocycles. The predicted octanol–water partition coefficient (Wildman–Crippen LogP) is 2.86. The van der Waals surface area contributed by atoms with Crippen molar-refractivity contribution in [1.29, 1.82) is 0 Å². The molecule has 0 aromatic heterocycles. The van der Waals surface area contributed by atoms with E-state index in [0.717, 1.165) is 44.5 Å². The fraction of sp³-hybridized carbons (Fsp3) is 0.667. The molecule has 0 spiro atoms. The van der Waals surface area contributed by atoms with Crippen LogP contribution in [0.25, 0.3) is 0 Å². The fourth-order valence-corrected chi connectivity index (χ4v) is 4.32. The molecule has 3 rings (SSSR count). The Kier molecular flexibility index (Phi) is 6.92. The zero-order valence-corrected chi connectivity index (χ0v) is 16.0. The number of hydrogen-bond acceptors (Lipinski definition) is 4. The normalized spacial score (nSPS) is 25.5. The number of ether oxygens (including phenoxy) is 1. The number of hydrogen-bond donors (Lipinski definition) is 2. The zero-order valence-electron chi connectivity index (χ0n) is 16.0. The molecule has 3 atom stereocenters. The Morgan fingerprint density at radius 3 is 2.58 bits per heavy atom. The fourth-order valence-electron chi connectivity index (χ4n) is 4.32. The van der Waals surface area contributed by atoms with Crippen LogP contribution in [0.2, 0.25) is 0 Å². The summed E-state index contributed by atoms with van der Waals surface area (Å²) in [5.74, 6) is 1.12. The van der Waals surface area contributed by atoms with Crippen LogP contribution in [-0.2, 0) is 4.79 Å². The van der Waals surface area contributed by atoms with Crippen molar-refractivity contribution in [3.05, 3.63) is 29.8 Å². The number of nitrogens with zero attached hydrogens (tertiary/aromatic N) is 1. The van der Waals surface area contributed by atoms with Crippen molar-refractivity contribution in [2.45, 2.75) is 57.0 Å². The standard InChI is InChI=1S/C21H33N3O2/c1-26-19-10-8-16(9-11-19)20(24-12-3-2-4-13-24)15-23-21(25)17-6-5-7-18(22)14-17/h8-11,17-18,20H,2-7,12-15,22H2,1H3,(H,23,25). The number of rotatable bonds is 6. The Morgan fingerprint density at radius 2 is 1.92 bits per heavy atom. The zero-order chi connectivity index (χ0) is 18.4. The topological polar surface area (TPSA) is 67.6 Å². The lowest BCUT2D eigenvalue weighted by Crippen LogP contribution is -2.43. The summed E-state index contributed by atoms with van der Waals surface area (Å²) in [4.78, 5) is 15.2. The molecule has 5 heteroatoms. The monoisotopic (exact) mass is 359 g/mol. The van der Waals surface area contributed by atoms with Gasteiger partial charge in [0.05, 0.1) is 13.2 Å². The molecule has 3 unspecified atom stereocenters. The minimum atomic E-state index is 0.0802. The van der Waals surface area contributed by atoms with Gasteiger partial charge in [-0.05, 0) is 62.9 Å². The molecule has 3 N–H and O–H groups in total. The van der Waals surface area contributed by atoms with Gasteiger partial charge in [-0.15, -0.1) is 0 Å². The molecule has 0 bridgehead atoms. The molecule has 0 radical (unpaired) electrons. The van der Waals surface area contributed by atoms with Gasteiger partial charge in [0.25, 0.3) is 0 Å². The summed E-state index contributed by atoms with van der Waals surface area (Å²) >= 11 is 0. The molecule has 2 fully saturated rings. The first-order chi connectivity index (χ1) is 12.7. The molecular formula is C21H33N3O2. The summed E-state index contributed by atoms with van der Waals surface area (Å²) in [7, 11) is 1.69. The molecule has 26 heavy (non-hydrogen) atoms. The maximum Gasteiger partial charge on any atom is 0.223 e. The van der Waals surface area contributed by atoms with Crippen molar-refractivity contribution in [2.75, 3.05) is 26.7 Å². The molecule has 144 valence electrons. The lowest BCUT2D eigenvalue weighted by molar-refractivity contribution is -0.126. The van der Waals surface area contributed by atoms with E-state index in [1.165, 1.54) is 24.8 Å². The molecule has 2 aliphatic rings. The largest absolute Gasteiger partial charge is 0.497 e. The second kappa shape index (κ2) is 9.38. The Hall–Kier alpha value is -1.59. The molecule has 1 aromatic rings. The smallest absolute Gasteiger partial charge is 0.223 e.